The summed E-state index contributed by atoms with van der Waals surface area (Å²) in [4.78, 5) is 15.4. The SMILES string of the molecule is CCCCC(C)(C(=O)O)N1C=NCN1C. The number of hydrogen-bond acceptors (Lipinski definition) is 4. The van der Waals surface area contributed by atoms with Gasteiger partial charge in [0.05, 0.1) is 0 Å². The summed E-state index contributed by atoms with van der Waals surface area (Å²) in [6.07, 6.45) is 4.15. The van der Waals surface area contributed by atoms with Gasteiger partial charge in [-0.25, -0.2) is 9.80 Å². The molecule has 5 heteroatoms. The van der Waals surface area contributed by atoms with Crippen LogP contribution in [-0.4, -0.2) is 46.7 Å². The van der Waals surface area contributed by atoms with Crippen molar-refractivity contribution < 1.29 is 9.90 Å². The van der Waals surface area contributed by atoms with E-state index in [-0.39, 0.29) is 0 Å². The van der Waals surface area contributed by atoms with E-state index in [0.29, 0.717) is 13.1 Å². The predicted octanol–water partition coefficient (Wildman–Crippen LogP) is 1.17. The fourth-order valence-corrected chi connectivity index (χ4v) is 1.73. The summed E-state index contributed by atoms with van der Waals surface area (Å²) >= 11 is 0. The third-order valence-electron chi connectivity index (χ3n) is 2.83. The minimum Gasteiger partial charge on any atom is -0.479 e. The van der Waals surface area contributed by atoms with Crippen molar-refractivity contribution in [2.75, 3.05) is 13.7 Å². The zero-order valence-electron chi connectivity index (χ0n) is 9.60. The molecule has 0 radical (unpaired) electrons. The highest BCUT2D eigenvalue weighted by atomic mass is 16.4. The number of carboxylic acid groups (broad SMARTS) is 1. The number of hydrogen-bond donors (Lipinski definition) is 1. The first-order valence-corrected chi connectivity index (χ1v) is 5.26. The molecule has 1 atom stereocenters. The van der Waals surface area contributed by atoms with Gasteiger partial charge in [0.15, 0.2) is 5.54 Å². The van der Waals surface area contributed by atoms with Crippen LogP contribution < -0.4 is 0 Å². The van der Waals surface area contributed by atoms with Crippen LogP contribution in [0.15, 0.2) is 4.99 Å². The van der Waals surface area contributed by atoms with Crippen molar-refractivity contribution in [3.05, 3.63) is 0 Å². The molecule has 86 valence electrons. The molecule has 1 aliphatic heterocycles. The maximum absolute atomic E-state index is 11.3. The van der Waals surface area contributed by atoms with Crippen molar-refractivity contribution in [2.45, 2.75) is 38.6 Å². The van der Waals surface area contributed by atoms with Gasteiger partial charge in [-0.1, -0.05) is 19.8 Å². The number of unbranched alkanes of at least 4 members (excludes halogenated alkanes) is 1. The molecule has 0 saturated heterocycles. The number of nitrogens with zero attached hydrogens (tertiary/aromatic N) is 3. The lowest BCUT2D eigenvalue weighted by Gasteiger charge is -2.38. The van der Waals surface area contributed by atoms with Crippen LogP contribution in [0.25, 0.3) is 0 Å². The number of aliphatic carboxylic acids is 1. The molecule has 5 nitrogen and oxygen atoms in total. The Morgan fingerprint density at radius 3 is 2.73 bits per heavy atom. The molecule has 0 amide bonds. The predicted molar refractivity (Wildman–Crippen MR) is 58.5 cm³/mol. The molecule has 0 aromatic heterocycles. The lowest BCUT2D eigenvalue weighted by Crippen LogP contribution is -2.56. The van der Waals surface area contributed by atoms with Crippen molar-refractivity contribution in [1.82, 2.24) is 10.0 Å². The molecule has 0 spiro atoms. The topological polar surface area (TPSA) is 56.1 Å². The monoisotopic (exact) mass is 213 g/mol. The second-order valence-electron chi connectivity index (χ2n) is 4.12. The molecule has 1 unspecified atom stereocenters. The van der Waals surface area contributed by atoms with Gasteiger partial charge in [-0.2, -0.15) is 0 Å². The minimum atomic E-state index is -0.870. The number of rotatable bonds is 5. The van der Waals surface area contributed by atoms with Crippen LogP contribution >= 0.6 is 0 Å². The zero-order chi connectivity index (χ0) is 11.5. The van der Waals surface area contributed by atoms with Gasteiger partial charge in [0.1, 0.15) is 13.0 Å². The Morgan fingerprint density at radius 2 is 2.33 bits per heavy atom. The van der Waals surface area contributed by atoms with Gasteiger partial charge in [-0.05, 0) is 13.3 Å². The first-order chi connectivity index (χ1) is 7.02. The molecule has 15 heavy (non-hydrogen) atoms. The van der Waals surface area contributed by atoms with Crippen LogP contribution in [0.3, 0.4) is 0 Å². The maximum atomic E-state index is 11.3. The molecule has 1 aliphatic rings. The Kier molecular flexibility index (Phi) is 3.68. The van der Waals surface area contributed by atoms with Gasteiger partial charge in [-0.15, -0.1) is 0 Å². The Morgan fingerprint density at radius 1 is 1.67 bits per heavy atom. The third-order valence-corrected chi connectivity index (χ3v) is 2.83. The van der Waals surface area contributed by atoms with E-state index >= 15 is 0 Å². The lowest BCUT2D eigenvalue weighted by molar-refractivity contribution is -0.155. The Balaban J connectivity index is 2.80. The van der Waals surface area contributed by atoms with E-state index in [1.165, 1.54) is 0 Å². The van der Waals surface area contributed by atoms with Crippen LogP contribution in [0.1, 0.15) is 33.1 Å². The van der Waals surface area contributed by atoms with E-state index in [1.807, 2.05) is 12.1 Å². The first kappa shape index (κ1) is 12.0. The summed E-state index contributed by atoms with van der Waals surface area (Å²) in [5.41, 5.74) is -0.870. The quantitative estimate of drug-likeness (QED) is 0.744. The van der Waals surface area contributed by atoms with E-state index in [4.69, 9.17) is 0 Å². The van der Waals surface area contributed by atoms with Crippen LogP contribution in [0.5, 0.6) is 0 Å². The number of carboxylic acids is 1. The van der Waals surface area contributed by atoms with E-state index < -0.39 is 11.5 Å². The van der Waals surface area contributed by atoms with E-state index in [9.17, 15) is 9.90 Å². The van der Waals surface area contributed by atoms with Gasteiger partial charge in [0.2, 0.25) is 0 Å². The summed E-state index contributed by atoms with van der Waals surface area (Å²) in [6.45, 7) is 4.35. The standard InChI is InChI=1S/C10H19N3O2/c1-4-5-6-10(2,9(14)15)13-8-11-7-12(13)3/h8H,4-7H2,1-3H3,(H,14,15). The highest BCUT2D eigenvalue weighted by Crippen LogP contribution is 2.24. The number of hydrazine groups is 1. The molecule has 1 rings (SSSR count). The summed E-state index contributed by atoms with van der Waals surface area (Å²) < 4.78 is 0. The third kappa shape index (κ3) is 2.28. The van der Waals surface area contributed by atoms with Crippen molar-refractivity contribution in [3.8, 4) is 0 Å². The number of carbonyl (C=O) groups is 1. The maximum Gasteiger partial charge on any atom is 0.330 e. The second-order valence-corrected chi connectivity index (χ2v) is 4.12. The number of aliphatic imine (C=N–C) groups is 1. The summed E-state index contributed by atoms with van der Waals surface area (Å²) in [5.74, 6) is -0.795. The summed E-state index contributed by atoms with van der Waals surface area (Å²) in [7, 11) is 1.85. The van der Waals surface area contributed by atoms with Crippen LogP contribution in [0.2, 0.25) is 0 Å². The smallest absolute Gasteiger partial charge is 0.330 e. The normalized spacial score (nSPS) is 20.6. The Hall–Kier alpha value is -1.10. The largest absolute Gasteiger partial charge is 0.479 e. The Bertz CT molecular complexity index is 267. The molecular formula is C10H19N3O2. The van der Waals surface area contributed by atoms with Crippen LogP contribution in [0, 0.1) is 0 Å². The molecule has 0 aromatic carbocycles. The van der Waals surface area contributed by atoms with Gasteiger partial charge in [0, 0.05) is 7.05 Å². The highest BCUT2D eigenvalue weighted by Gasteiger charge is 2.41. The van der Waals surface area contributed by atoms with E-state index in [1.54, 1.807) is 18.3 Å². The van der Waals surface area contributed by atoms with Gasteiger partial charge in [-0.3, -0.25) is 10.0 Å². The van der Waals surface area contributed by atoms with Gasteiger partial charge in [0.25, 0.3) is 0 Å². The molecule has 1 heterocycles. The highest BCUT2D eigenvalue weighted by molar-refractivity contribution is 5.81. The molecule has 0 aliphatic carbocycles. The van der Waals surface area contributed by atoms with E-state index in [0.717, 1.165) is 12.8 Å². The molecular weight excluding hydrogens is 194 g/mol. The molecule has 0 aromatic rings. The van der Waals surface area contributed by atoms with Crippen LogP contribution in [0.4, 0.5) is 0 Å². The molecule has 1 N–H and O–H groups in total. The average Bonchev–Trinajstić information content (AvgIpc) is 2.61. The average molecular weight is 213 g/mol. The molecule has 0 bridgehead atoms. The lowest BCUT2D eigenvalue weighted by atomic mass is 9.94. The van der Waals surface area contributed by atoms with Gasteiger partial charge >= 0.3 is 5.97 Å². The van der Waals surface area contributed by atoms with Gasteiger partial charge < -0.3 is 5.11 Å². The Labute approximate surface area is 90.4 Å². The van der Waals surface area contributed by atoms with Crippen molar-refractivity contribution in [2.24, 2.45) is 4.99 Å². The summed E-state index contributed by atoms with van der Waals surface area (Å²) in [6, 6.07) is 0. The van der Waals surface area contributed by atoms with Crippen molar-refractivity contribution in [1.29, 1.82) is 0 Å². The second kappa shape index (κ2) is 4.61. The van der Waals surface area contributed by atoms with Crippen LogP contribution in [-0.2, 0) is 4.79 Å². The van der Waals surface area contributed by atoms with E-state index in [2.05, 4.69) is 11.9 Å². The zero-order valence-corrected chi connectivity index (χ0v) is 9.60. The van der Waals surface area contributed by atoms with Crippen molar-refractivity contribution in [3.63, 3.8) is 0 Å². The molecule has 0 fully saturated rings. The summed E-state index contributed by atoms with van der Waals surface area (Å²) in [5, 5.41) is 12.8. The minimum absolute atomic E-state index is 0.537. The molecule has 0 saturated carbocycles. The fourth-order valence-electron chi connectivity index (χ4n) is 1.73. The fraction of sp³-hybridized carbons (Fsp3) is 0.800. The first-order valence-electron chi connectivity index (χ1n) is 5.26. The van der Waals surface area contributed by atoms with Crippen molar-refractivity contribution >= 4 is 12.3 Å².